The van der Waals surface area contributed by atoms with Crippen LogP contribution in [0.25, 0.3) is 0 Å². The van der Waals surface area contributed by atoms with Gasteiger partial charge in [0.15, 0.2) is 0 Å². The lowest BCUT2D eigenvalue weighted by atomic mass is 10.2. The first-order valence-corrected chi connectivity index (χ1v) is 6.06. The molecule has 2 aliphatic rings. The fourth-order valence-corrected chi connectivity index (χ4v) is 4.25. The molecule has 11 heavy (non-hydrogen) atoms. The van der Waals surface area contributed by atoms with E-state index >= 15 is 0 Å². The molecule has 0 aromatic heterocycles. The molecule has 0 atom stereocenters. The Morgan fingerprint density at radius 2 is 2.00 bits per heavy atom. The Morgan fingerprint density at radius 1 is 1.18 bits per heavy atom. The third-order valence-corrected chi connectivity index (χ3v) is 5.02. The maximum atomic E-state index is 2.36. The summed E-state index contributed by atoms with van der Waals surface area (Å²) in [5.41, 5.74) is 0. The van der Waals surface area contributed by atoms with Crippen LogP contribution in [-0.4, -0.2) is 11.5 Å². The lowest BCUT2D eigenvalue weighted by molar-refractivity contribution is 0.949. The predicted molar refractivity (Wildman–Crippen MR) is 52.8 cm³/mol. The van der Waals surface area contributed by atoms with E-state index in [4.69, 9.17) is 0 Å². The molecule has 1 heterocycles. The van der Waals surface area contributed by atoms with Gasteiger partial charge in [0.2, 0.25) is 0 Å². The van der Waals surface area contributed by atoms with Crippen LogP contribution in [0.3, 0.4) is 0 Å². The van der Waals surface area contributed by atoms with E-state index in [-0.39, 0.29) is 0 Å². The average molecular weight is 167 g/mol. The van der Waals surface area contributed by atoms with Crippen LogP contribution in [0.15, 0.2) is 23.1 Å². The summed E-state index contributed by atoms with van der Waals surface area (Å²) < 4.78 is 0. The zero-order valence-electron chi connectivity index (χ0n) is 6.88. The fourth-order valence-electron chi connectivity index (χ4n) is 1.74. The van der Waals surface area contributed by atoms with Gasteiger partial charge in [0.25, 0.3) is 0 Å². The van der Waals surface area contributed by atoms with Crippen molar-refractivity contribution in [3.63, 3.8) is 0 Å². The van der Waals surface area contributed by atoms with Crippen LogP contribution < -0.4 is 0 Å². The molecule has 0 bridgehead atoms. The van der Waals surface area contributed by atoms with Gasteiger partial charge in [-0.3, -0.25) is 0 Å². The van der Waals surface area contributed by atoms with Crippen molar-refractivity contribution in [3.05, 3.63) is 23.1 Å². The molecule has 1 heteroatoms. The highest BCUT2D eigenvalue weighted by Gasteiger charge is 2.28. The Kier molecular flexibility index (Phi) is 2.37. The van der Waals surface area contributed by atoms with Crippen molar-refractivity contribution in [1.29, 1.82) is 0 Å². The van der Waals surface area contributed by atoms with Crippen LogP contribution in [0.2, 0.25) is 0 Å². The zero-order valence-corrected chi connectivity index (χ0v) is 7.70. The van der Waals surface area contributed by atoms with E-state index in [0.29, 0.717) is 10.9 Å². The molecule has 0 spiro atoms. The molecule has 2 rings (SSSR count). The molecule has 0 saturated carbocycles. The number of hydrogen-bond acceptors (Lipinski definition) is 0. The smallest absolute Gasteiger partial charge is 0.0839 e. The molecule has 60 valence electrons. The van der Waals surface area contributed by atoms with Crippen LogP contribution in [0.5, 0.6) is 0 Å². The Bertz CT molecular complexity index is 185. The maximum Gasteiger partial charge on any atom is 0.132 e. The molecule has 1 aliphatic carbocycles. The molecule has 0 aromatic carbocycles. The summed E-state index contributed by atoms with van der Waals surface area (Å²) in [7, 11) is 0.696. The van der Waals surface area contributed by atoms with Gasteiger partial charge in [0.05, 0.1) is 0 Å². The second-order valence-corrected chi connectivity index (χ2v) is 5.53. The Morgan fingerprint density at radius 3 is 2.64 bits per heavy atom. The summed E-state index contributed by atoms with van der Waals surface area (Å²) in [4.78, 5) is 1.75. The average Bonchev–Trinajstić information content (AvgIpc) is 2.58. The molecule has 0 N–H and O–H groups in total. The lowest BCUT2D eigenvalue weighted by Gasteiger charge is -2.06. The minimum absolute atomic E-state index is 0.696. The van der Waals surface area contributed by atoms with Gasteiger partial charge in [0, 0.05) is 17.3 Å². The van der Waals surface area contributed by atoms with E-state index in [2.05, 4.69) is 18.2 Å². The van der Waals surface area contributed by atoms with Gasteiger partial charge in [-0.1, -0.05) is 12.2 Å². The summed E-state index contributed by atoms with van der Waals surface area (Å²) in [6, 6.07) is 0. The second-order valence-electron chi connectivity index (χ2n) is 3.21. The fraction of sp³-hybridized carbons (Fsp3) is 0.600. The lowest BCUT2D eigenvalue weighted by Crippen LogP contribution is -2.07. The van der Waals surface area contributed by atoms with E-state index in [1.165, 1.54) is 37.2 Å². The van der Waals surface area contributed by atoms with Crippen LogP contribution in [-0.2, 0) is 10.9 Å². The van der Waals surface area contributed by atoms with E-state index < -0.39 is 0 Å². The molecule has 0 unspecified atom stereocenters. The first kappa shape index (κ1) is 7.48. The molecule has 0 aromatic rings. The van der Waals surface area contributed by atoms with Crippen LogP contribution in [0.1, 0.15) is 25.7 Å². The Hall–Kier alpha value is -0.170. The molecule has 0 radical (unpaired) electrons. The monoisotopic (exact) mass is 167 g/mol. The van der Waals surface area contributed by atoms with Crippen molar-refractivity contribution in [2.24, 2.45) is 0 Å². The van der Waals surface area contributed by atoms with Gasteiger partial charge in [-0.2, -0.15) is 0 Å². The third kappa shape index (κ3) is 1.70. The minimum Gasteiger partial charge on any atom is -0.0839 e. The molecule has 1 saturated heterocycles. The summed E-state index contributed by atoms with van der Waals surface area (Å²) in [5, 5.41) is 0. The maximum absolute atomic E-state index is 2.36. The predicted octanol–water partition coefficient (Wildman–Crippen LogP) is 2.63. The SMILES string of the molecule is C1=CCCC([S+]2CCCC2)=C1. The second kappa shape index (κ2) is 3.48. The van der Waals surface area contributed by atoms with Gasteiger partial charge in [-0.15, -0.1) is 0 Å². The largest absolute Gasteiger partial charge is 0.132 e. The van der Waals surface area contributed by atoms with Crippen molar-refractivity contribution in [2.45, 2.75) is 25.7 Å². The number of rotatable bonds is 1. The van der Waals surface area contributed by atoms with E-state index in [9.17, 15) is 0 Å². The van der Waals surface area contributed by atoms with Gasteiger partial charge in [0.1, 0.15) is 16.4 Å². The quantitative estimate of drug-likeness (QED) is 0.527. The molecule has 0 nitrogen and oxygen atoms in total. The topological polar surface area (TPSA) is 0 Å². The number of allylic oxidation sites excluding steroid dienone is 4. The van der Waals surface area contributed by atoms with Gasteiger partial charge in [-0.25, -0.2) is 0 Å². The van der Waals surface area contributed by atoms with Gasteiger partial charge >= 0.3 is 0 Å². The van der Waals surface area contributed by atoms with Crippen molar-refractivity contribution in [1.82, 2.24) is 0 Å². The first-order valence-electron chi connectivity index (χ1n) is 4.50. The molecule has 0 amide bonds. The minimum atomic E-state index is 0.696. The summed E-state index contributed by atoms with van der Waals surface area (Å²) >= 11 is 0. The Labute approximate surface area is 71.7 Å². The zero-order chi connectivity index (χ0) is 7.52. The van der Waals surface area contributed by atoms with E-state index in [0.717, 1.165) is 0 Å². The van der Waals surface area contributed by atoms with Crippen LogP contribution >= 0.6 is 0 Å². The molecule has 1 aliphatic heterocycles. The van der Waals surface area contributed by atoms with Crippen molar-refractivity contribution >= 4 is 10.9 Å². The number of hydrogen-bond donors (Lipinski definition) is 0. The van der Waals surface area contributed by atoms with Crippen molar-refractivity contribution < 1.29 is 0 Å². The van der Waals surface area contributed by atoms with E-state index in [1.807, 2.05) is 0 Å². The van der Waals surface area contributed by atoms with Crippen LogP contribution in [0.4, 0.5) is 0 Å². The molecular weight excluding hydrogens is 152 g/mol. The van der Waals surface area contributed by atoms with E-state index in [1.54, 1.807) is 4.91 Å². The highest BCUT2D eigenvalue weighted by atomic mass is 32.2. The van der Waals surface area contributed by atoms with Gasteiger partial charge in [-0.05, 0) is 25.3 Å². The van der Waals surface area contributed by atoms with Crippen LogP contribution in [0, 0.1) is 0 Å². The molecule has 1 fully saturated rings. The summed E-state index contributed by atoms with van der Waals surface area (Å²) in [5.74, 6) is 2.97. The highest BCUT2D eigenvalue weighted by molar-refractivity contribution is 8.00. The third-order valence-electron chi connectivity index (χ3n) is 2.38. The Balaban J connectivity index is 2.02. The normalized spacial score (nSPS) is 25.6. The van der Waals surface area contributed by atoms with Gasteiger partial charge < -0.3 is 0 Å². The van der Waals surface area contributed by atoms with Crippen molar-refractivity contribution in [2.75, 3.05) is 11.5 Å². The molecular formula is C10H15S+. The standard InChI is InChI=1S/C10H15S/c1-2-6-10(7-3-1)11-8-4-5-9-11/h1-2,6H,3-5,7-9H2/q+1. The first-order chi connectivity index (χ1) is 5.47. The summed E-state index contributed by atoms with van der Waals surface area (Å²) in [6.07, 6.45) is 12.5. The highest BCUT2D eigenvalue weighted by Crippen LogP contribution is 2.26. The van der Waals surface area contributed by atoms with Crippen molar-refractivity contribution in [3.8, 4) is 0 Å². The summed E-state index contributed by atoms with van der Waals surface area (Å²) in [6.45, 7) is 0.